The number of rotatable bonds is 5. The monoisotopic (exact) mass is 371 g/mol. The summed E-state index contributed by atoms with van der Waals surface area (Å²) in [6, 6.07) is 4.47. The fourth-order valence-corrected chi connectivity index (χ4v) is 4.87. The maximum Gasteiger partial charge on any atom is 0.225 e. The van der Waals surface area contributed by atoms with E-state index in [0.29, 0.717) is 48.1 Å². The molecule has 6 heteroatoms. The van der Waals surface area contributed by atoms with Crippen molar-refractivity contribution in [2.75, 3.05) is 39.5 Å². The van der Waals surface area contributed by atoms with Crippen molar-refractivity contribution in [1.29, 1.82) is 0 Å². The third-order valence-electron chi connectivity index (χ3n) is 6.68. The number of nitrogens with one attached hydrogen (secondary N) is 1. The SMILES string of the molecule is O=C(C1CC1)N1C[C@@H]2CNC(c3ccnc(OCC4CCOCC4)c3)[C@@H]2C1. The molecule has 0 spiro atoms. The van der Waals surface area contributed by atoms with Gasteiger partial charge in [0.25, 0.3) is 0 Å². The molecule has 3 atom stereocenters. The van der Waals surface area contributed by atoms with Crippen LogP contribution in [-0.4, -0.2) is 55.2 Å². The molecule has 4 heterocycles. The van der Waals surface area contributed by atoms with Gasteiger partial charge in [-0.3, -0.25) is 4.79 Å². The van der Waals surface area contributed by atoms with Crippen molar-refractivity contribution in [3.05, 3.63) is 23.9 Å². The van der Waals surface area contributed by atoms with Crippen LogP contribution in [0.2, 0.25) is 0 Å². The van der Waals surface area contributed by atoms with Gasteiger partial charge in [0.1, 0.15) is 0 Å². The molecule has 6 nitrogen and oxygen atoms in total. The summed E-state index contributed by atoms with van der Waals surface area (Å²) in [7, 11) is 0. The molecule has 1 saturated carbocycles. The molecule has 4 fully saturated rings. The molecule has 1 aliphatic carbocycles. The van der Waals surface area contributed by atoms with Gasteiger partial charge in [-0.05, 0) is 49.1 Å². The van der Waals surface area contributed by atoms with Crippen molar-refractivity contribution in [1.82, 2.24) is 15.2 Å². The average Bonchev–Trinajstić information content (AvgIpc) is 3.36. The van der Waals surface area contributed by atoms with Crippen molar-refractivity contribution in [2.45, 2.75) is 31.7 Å². The van der Waals surface area contributed by atoms with Crippen LogP contribution < -0.4 is 10.1 Å². The van der Waals surface area contributed by atoms with Crippen LogP contribution in [0.15, 0.2) is 18.3 Å². The third-order valence-corrected chi connectivity index (χ3v) is 6.68. The highest BCUT2D eigenvalue weighted by molar-refractivity contribution is 5.81. The lowest BCUT2D eigenvalue weighted by Gasteiger charge is -2.23. The largest absolute Gasteiger partial charge is 0.477 e. The summed E-state index contributed by atoms with van der Waals surface area (Å²) in [4.78, 5) is 19.0. The normalized spacial score (nSPS) is 31.1. The van der Waals surface area contributed by atoms with Crippen LogP contribution in [0, 0.1) is 23.7 Å². The number of carbonyl (C=O) groups is 1. The Morgan fingerprint density at radius 2 is 2.11 bits per heavy atom. The minimum Gasteiger partial charge on any atom is -0.477 e. The van der Waals surface area contributed by atoms with Crippen LogP contribution in [0.4, 0.5) is 0 Å². The lowest BCUT2D eigenvalue weighted by molar-refractivity contribution is -0.131. The summed E-state index contributed by atoms with van der Waals surface area (Å²) in [5.74, 6) is 3.05. The van der Waals surface area contributed by atoms with Crippen molar-refractivity contribution in [2.24, 2.45) is 23.7 Å². The Bertz CT molecular complexity index is 687. The van der Waals surface area contributed by atoms with Gasteiger partial charge < -0.3 is 19.7 Å². The van der Waals surface area contributed by atoms with Gasteiger partial charge in [0.05, 0.1) is 6.61 Å². The molecule has 27 heavy (non-hydrogen) atoms. The number of aromatic nitrogens is 1. The van der Waals surface area contributed by atoms with E-state index in [-0.39, 0.29) is 0 Å². The second-order valence-electron chi connectivity index (χ2n) is 8.62. The zero-order valence-corrected chi connectivity index (χ0v) is 15.8. The zero-order chi connectivity index (χ0) is 18.2. The molecule has 1 aromatic heterocycles. The molecular weight excluding hydrogens is 342 g/mol. The molecule has 5 rings (SSSR count). The zero-order valence-electron chi connectivity index (χ0n) is 15.8. The number of carbonyl (C=O) groups excluding carboxylic acids is 1. The molecule has 0 aromatic carbocycles. The maximum atomic E-state index is 12.4. The fraction of sp³-hybridized carbons (Fsp3) is 0.714. The van der Waals surface area contributed by atoms with E-state index in [1.165, 1.54) is 5.56 Å². The van der Waals surface area contributed by atoms with Gasteiger partial charge in [0.2, 0.25) is 11.8 Å². The lowest BCUT2D eigenvalue weighted by Crippen LogP contribution is -2.33. The average molecular weight is 371 g/mol. The number of ether oxygens (including phenoxy) is 2. The summed E-state index contributed by atoms with van der Waals surface area (Å²) >= 11 is 0. The Morgan fingerprint density at radius 1 is 1.26 bits per heavy atom. The molecular formula is C21H29N3O3. The van der Waals surface area contributed by atoms with Gasteiger partial charge in [-0.25, -0.2) is 4.98 Å². The van der Waals surface area contributed by atoms with Gasteiger partial charge in [-0.15, -0.1) is 0 Å². The highest BCUT2D eigenvalue weighted by atomic mass is 16.5. The third kappa shape index (κ3) is 3.69. The van der Waals surface area contributed by atoms with E-state index in [1.807, 2.05) is 6.20 Å². The Morgan fingerprint density at radius 3 is 2.93 bits per heavy atom. The van der Waals surface area contributed by atoms with Crippen molar-refractivity contribution in [3.63, 3.8) is 0 Å². The first kappa shape index (κ1) is 17.4. The van der Waals surface area contributed by atoms with Crippen LogP contribution in [0.3, 0.4) is 0 Å². The van der Waals surface area contributed by atoms with Crippen LogP contribution in [-0.2, 0) is 9.53 Å². The predicted octanol–water partition coefficient (Wildman–Crippen LogP) is 2.02. The maximum absolute atomic E-state index is 12.4. The van der Waals surface area contributed by atoms with E-state index in [4.69, 9.17) is 9.47 Å². The summed E-state index contributed by atoms with van der Waals surface area (Å²) in [5.41, 5.74) is 1.24. The molecule has 1 N–H and O–H groups in total. The Hall–Kier alpha value is -1.66. The Kier molecular flexibility index (Phi) is 4.78. The van der Waals surface area contributed by atoms with Gasteiger partial charge >= 0.3 is 0 Å². The van der Waals surface area contributed by atoms with Gasteiger partial charge in [0, 0.05) is 63.0 Å². The quantitative estimate of drug-likeness (QED) is 0.858. The van der Waals surface area contributed by atoms with Crippen molar-refractivity contribution >= 4 is 5.91 Å². The number of pyridine rings is 1. The first-order valence-electron chi connectivity index (χ1n) is 10.5. The Labute approximate surface area is 160 Å². The number of likely N-dealkylation sites (tertiary alicyclic amines) is 1. The number of hydrogen-bond donors (Lipinski definition) is 1. The molecule has 4 aliphatic rings. The molecule has 3 aliphatic heterocycles. The lowest BCUT2D eigenvalue weighted by atomic mass is 9.90. The van der Waals surface area contributed by atoms with Gasteiger partial charge in [-0.1, -0.05) is 0 Å². The molecule has 146 valence electrons. The summed E-state index contributed by atoms with van der Waals surface area (Å²) in [5, 5.41) is 3.67. The standard InChI is InChI=1S/C21H29N3O3/c25-21(15-1-2-15)24-11-17-10-23-20(18(17)12-24)16-3-6-22-19(9-16)27-13-14-4-7-26-8-5-14/h3,6,9,14-15,17-18,20,23H,1-2,4-5,7-8,10-13H2/t17-,18+,20?/m0/s1. The van der Waals surface area contributed by atoms with E-state index in [9.17, 15) is 4.79 Å². The molecule has 1 unspecified atom stereocenters. The highest BCUT2D eigenvalue weighted by Gasteiger charge is 2.46. The second-order valence-corrected chi connectivity index (χ2v) is 8.62. The first-order valence-corrected chi connectivity index (χ1v) is 10.5. The molecule has 3 saturated heterocycles. The minimum atomic E-state index is 0.292. The van der Waals surface area contributed by atoms with E-state index in [1.54, 1.807) is 0 Å². The van der Waals surface area contributed by atoms with Crippen LogP contribution in [0.1, 0.15) is 37.3 Å². The number of amides is 1. The number of fused-ring (bicyclic) bond motifs is 1. The number of nitrogens with zero attached hydrogens (tertiary/aromatic N) is 2. The number of hydrogen-bond acceptors (Lipinski definition) is 5. The van der Waals surface area contributed by atoms with E-state index in [0.717, 1.165) is 58.5 Å². The van der Waals surface area contributed by atoms with E-state index in [2.05, 4.69) is 27.3 Å². The summed E-state index contributed by atoms with van der Waals surface area (Å²) < 4.78 is 11.4. The van der Waals surface area contributed by atoms with E-state index >= 15 is 0 Å². The molecule has 1 aromatic rings. The van der Waals surface area contributed by atoms with Gasteiger partial charge in [-0.2, -0.15) is 0 Å². The smallest absolute Gasteiger partial charge is 0.225 e. The van der Waals surface area contributed by atoms with E-state index < -0.39 is 0 Å². The van der Waals surface area contributed by atoms with Crippen molar-refractivity contribution in [3.8, 4) is 5.88 Å². The first-order chi connectivity index (χ1) is 13.3. The van der Waals surface area contributed by atoms with Crippen LogP contribution in [0.25, 0.3) is 0 Å². The van der Waals surface area contributed by atoms with Crippen molar-refractivity contribution < 1.29 is 14.3 Å². The summed E-state index contributed by atoms with van der Waals surface area (Å²) in [6.07, 6.45) is 6.16. The van der Waals surface area contributed by atoms with Gasteiger partial charge in [0.15, 0.2) is 0 Å². The second kappa shape index (κ2) is 7.40. The fourth-order valence-electron chi connectivity index (χ4n) is 4.87. The molecule has 1 amide bonds. The minimum absolute atomic E-state index is 0.292. The van der Waals surface area contributed by atoms with Crippen LogP contribution >= 0.6 is 0 Å². The molecule has 0 radical (unpaired) electrons. The van der Waals surface area contributed by atoms with Crippen LogP contribution in [0.5, 0.6) is 5.88 Å². The Balaban J connectivity index is 1.22. The topological polar surface area (TPSA) is 63.7 Å². The predicted molar refractivity (Wildman–Crippen MR) is 100 cm³/mol. The highest BCUT2D eigenvalue weighted by Crippen LogP contribution is 2.41. The molecule has 0 bridgehead atoms. The summed E-state index contributed by atoms with van der Waals surface area (Å²) in [6.45, 7) is 5.19.